The monoisotopic (exact) mass is 302 g/mol. The van der Waals surface area contributed by atoms with Gasteiger partial charge in [0, 0.05) is 18.0 Å². The van der Waals surface area contributed by atoms with Crippen LogP contribution in [0.15, 0.2) is 24.3 Å². The number of hydrogen-bond acceptors (Lipinski definition) is 2. The lowest BCUT2D eigenvalue weighted by molar-refractivity contribution is 0.248. The Morgan fingerprint density at radius 2 is 1.89 bits per heavy atom. The third-order valence-corrected chi connectivity index (χ3v) is 4.72. The number of hydrogen-bond donors (Lipinski definition) is 1. The Morgan fingerprint density at radius 3 is 2.42 bits per heavy atom. The zero-order valence-corrected chi connectivity index (χ0v) is 13.3. The van der Waals surface area contributed by atoms with Crippen molar-refractivity contribution in [1.82, 2.24) is 4.90 Å². The van der Waals surface area contributed by atoms with E-state index in [0.717, 1.165) is 5.92 Å². The molecule has 108 valence electrons. The Balaban J connectivity index is 0.000000902. The molecule has 0 aromatic heterocycles. The maximum atomic E-state index is 5.90. The minimum atomic E-state index is 0. The third-order valence-electron chi connectivity index (χ3n) is 4.72. The van der Waals surface area contributed by atoms with Gasteiger partial charge in [0.25, 0.3) is 0 Å². The minimum absolute atomic E-state index is 0. The van der Waals surface area contributed by atoms with Crippen molar-refractivity contribution >= 4 is 24.8 Å². The van der Waals surface area contributed by atoms with Gasteiger partial charge in [-0.3, -0.25) is 0 Å². The van der Waals surface area contributed by atoms with Crippen LogP contribution in [0.5, 0.6) is 0 Å². The number of rotatable bonds is 2. The van der Waals surface area contributed by atoms with E-state index in [1.807, 2.05) is 6.92 Å². The van der Waals surface area contributed by atoms with Crippen molar-refractivity contribution in [3.05, 3.63) is 35.4 Å². The van der Waals surface area contributed by atoms with Crippen molar-refractivity contribution in [3.8, 4) is 0 Å². The molecule has 2 aliphatic rings. The van der Waals surface area contributed by atoms with Crippen LogP contribution in [0.25, 0.3) is 0 Å². The van der Waals surface area contributed by atoms with Gasteiger partial charge in [0.15, 0.2) is 0 Å². The molecule has 1 aliphatic carbocycles. The Kier molecular flexibility index (Phi) is 5.30. The number of halogens is 2. The lowest BCUT2D eigenvalue weighted by atomic mass is 9.86. The molecule has 2 fully saturated rings. The first-order chi connectivity index (χ1) is 8.12. The molecule has 4 heteroatoms. The molecule has 1 heterocycles. The first-order valence-electron chi connectivity index (χ1n) is 6.66. The molecule has 3 rings (SSSR count). The Bertz CT molecular complexity index is 419. The van der Waals surface area contributed by atoms with Crippen LogP contribution in [-0.4, -0.2) is 25.0 Å². The molecule has 3 atom stereocenters. The van der Waals surface area contributed by atoms with Gasteiger partial charge in [-0.2, -0.15) is 0 Å². The second-order valence-corrected chi connectivity index (χ2v) is 5.98. The predicted octanol–water partition coefficient (Wildman–Crippen LogP) is 3.14. The van der Waals surface area contributed by atoms with Gasteiger partial charge in [-0.25, -0.2) is 0 Å². The van der Waals surface area contributed by atoms with E-state index < -0.39 is 0 Å². The highest BCUT2D eigenvalue weighted by atomic mass is 35.5. The fourth-order valence-electron chi connectivity index (χ4n) is 3.40. The highest BCUT2D eigenvalue weighted by molar-refractivity contribution is 5.85. The molecule has 2 N–H and O–H groups in total. The highest BCUT2D eigenvalue weighted by Crippen LogP contribution is 2.58. The quantitative estimate of drug-likeness (QED) is 0.909. The van der Waals surface area contributed by atoms with E-state index in [-0.39, 0.29) is 30.9 Å². The summed E-state index contributed by atoms with van der Waals surface area (Å²) in [5.41, 5.74) is 9.20. The van der Waals surface area contributed by atoms with E-state index in [2.05, 4.69) is 36.2 Å². The molecule has 0 bridgehead atoms. The van der Waals surface area contributed by atoms with Gasteiger partial charge in [0.2, 0.25) is 0 Å². The van der Waals surface area contributed by atoms with Crippen molar-refractivity contribution in [2.24, 2.45) is 11.7 Å². The fraction of sp³-hybridized carbons (Fsp3) is 0.600. The maximum Gasteiger partial charge on any atom is 0.0266 e. The summed E-state index contributed by atoms with van der Waals surface area (Å²) < 4.78 is 0. The van der Waals surface area contributed by atoms with E-state index in [4.69, 9.17) is 5.73 Å². The standard InChI is InChI=1S/C15H22N2.2ClH/c1-11(16)12-3-5-13(6-4-12)15-7-8-17(2)10-14(15)9-15;;/h3-6,11,14H,7-10,16H2,1-2H3;2*1H. The van der Waals surface area contributed by atoms with Gasteiger partial charge in [0.1, 0.15) is 0 Å². The van der Waals surface area contributed by atoms with Crippen LogP contribution in [0.2, 0.25) is 0 Å². The van der Waals surface area contributed by atoms with Gasteiger partial charge >= 0.3 is 0 Å². The number of nitrogens with two attached hydrogens (primary N) is 1. The molecule has 1 aromatic carbocycles. The molecule has 1 saturated carbocycles. The number of likely N-dealkylation sites (tertiary alicyclic amines) is 1. The van der Waals surface area contributed by atoms with E-state index in [1.54, 1.807) is 5.56 Å². The van der Waals surface area contributed by atoms with Crippen LogP contribution < -0.4 is 5.73 Å². The molecular weight excluding hydrogens is 279 g/mol. The normalized spacial score (nSPS) is 30.6. The molecular formula is C15H24Cl2N2. The number of fused-ring (bicyclic) bond motifs is 1. The van der Waals surface area contributed by atoms with Crippen LogP contribution in [0.3, 0.4) is 0 Å². The van der Waals surface area contributed by atoms with E-state index in [0.29, 0.717) is 5.41 Å². The minimum Gasteiger partial charge on any atom is -0.324 e. The SMILES string of the molecule is CC(N)c1ccc(C23CCN(C)CC2C3)cc1.Cl.Cl. The Labute approximate surface area is 128 Å². The molecule has 0 amide bonds. The zero-order valence-electron chi connectivity index (χ0n) is 11.6. The lowest BCUT2D eigenvalue weighted by Gasteiger charge is -2.29. The third kappa shape index (κ3) is 2.92. The summed E-state index contributed by atoms with van der Waals surface area (Å²) in [4.78, 5) is 2.46. The summed E-state index contributed by atoms with van der Waals surface area (Å²) in [6.07, 6.45) is 2.71. The molecule has 1 aromatic rings. The maximum absolute atomic E-state index is 5.90. The second-order valence-electron chi connectivity index (χ2n) is 5.98. The summed E-state index contributed by atoms with van der Waals surface area (Å²) in [5.74, 6) is 0.891. The summed E-state index contributed by atoms with van der Waals surface area (Å²) in [5, 5.41) is 0. The molecule has 19 heavy (non-hydrogen) atoms. The average Bonchev–Trinajstić information content (AvgIpc) is 3.04. The molecule has 0 radical (unpaired) electrons. The van der Waals surface area contributed by atoms with Gasteiger partial charge in [-0.05, 0) is 50.4 Å². The first-order valence-corrected chi connectivity index (χ1v) is 6.66. The van der Waals surface area contributed by atoms with E-state index >= 15 is 0 Å². The highest BCUT2D eigenvalue weighted by Gasteiger charge is 2.56. The average molecular weight is 303 g/mol. The van der Waals surface area contributed by atoms with Crippen LogP contribution >= 0.6 is 24.8 Å². The van der Waals surface area contributed by atoms with Crippen molar-refractivity contribution in [3.63, 3.8) is 0 Å². The molecule has 1 saturated heterocycles. The Hall–Kier alpha value is -0.280. The van der Waals surface area contributed by atoms with Gasteiger partial charge in [-0.1, -0.05) is 24.3 Å². The summed E-state index contributed by atoms with van der Waals surface area (Å²) in [7, 11) is 2.24. The van der Waals surface area contributed by atoms with Crippen LogP contribution in [0, 0.1) is 5.92 Å². The summed E-state index contributed by atoms with van der Waals surface area (Å²) in [6, 6.07) is 9.19. The molecule has 0 spiro atoms. The molecule has 2 nitrogen and oxygen atoms in total. The van der Waals surface area contributed by atoms with Crippen LogP contribution in [0.1, 0.15) is 36.9 Å². The lowest BCUT2D eigenvalue weighted by Crippen LogP contribution is -2.33. The fourth-order valence-corrected chi connectivity index (χ4v) is 3.40. The smallest absolute Gasteiger partial charge is 0.0266 e. The first kappa shape index (κ1) is 16.8. The number of nitrogens with zero attached hydrogens (tertiary/aromatic N) is 1. The van der Waals surface area contributed by atoms with E-state index in [1.165, 1.54) is 31.5 Å². The molecule has 3 unspecified atom stereocenters. The topological polar surface area (TPSA) is 29.3 Å². The van der Waals surface area contributed by atoms with Crippen molar-refractivity contribution in [1.29, 1.82) is 0 Å². The van der Waals surface area contributed by atoms with Gasteiger partial charge < -0.3 is 10.6 Å². The van der Waals surface area contributed by atoms with E-state index in [9.17, 15) is 0 Å². The number of benzene rings is 1. The van der Waals surface area contributed by atoms with Crippen LogP contribution in [-0.2, 0) is 5.41 Å². The van der Waals surface area contributed by atoms with Crippen LogP contribution in [0.4, 0.5) is 0 Å². The van der Waals surface area contributed by atoms with Gasteiger partial charge in [0.05, 0.1) is 0 Å². The summed E-state index contributed by atoms with van der Waals surface area (Å²) >= 11 is 0. The predicted molar refractivity (Wildman–Crippen MR) is 85.4 cm³/mol. The number of piperidine rings is 1. The zero-order chi connectivity index (χ0) is 12.0. The van der Waals surface area contributed by atoms with Crippen molar-refractivity contribution < 1.29 is 0 Å². The second kappa shape index (κ2) is 6.01. The largest absolute Gasteiger partial charge is 0.324 e. The molecule has 1 aliphatic heterocycles. The van der Waals surface area contributed by atoms with Crippen molar-refractivity contribution in [2.75, 3.05) is 20.1 Å². The van der Waals surface area contributed by atoms with Crippen molar-refractivity contribution in [2.45, 2.75) is 31.2 Å². The summed E-state index contributed by atoms with van der Waals surface area (Å²) in [6.45, 7) is 4.56. The van der Waals surface area contributed by atoms with Gasteiger partial charge in [-0.15, -0.1) is 24.8 Å². The Morgan fingerprint density at radius 1 is 1.26 bits per heavy atom.